The van der Waals surface area contributed by atoms with Gasteiger partial charge in [-0.1, -0.05) is 17.7 Å². The predicted molar refractivity (Wildman–Crippen MR) is 103 cm³/mol. The second-order valence-electron chi connectivity index (χ2n) is 6.60. The fourth-order valence-electron chi connectivity index (χ4n) is 2.90. The van der Waals surface area contributed by atoms with Crippen molar-refractivity contribution in [1.82, 2.24) is 9.88 Å². The van der Waals surface area contributed by atoms with E-state index in [0.29, 0.717) is 19.3 Å². The molecule has 1 amide bonds. The lowest BCUT2D eigenvalue weighted by Crippen LogP contribution is -2.47. The molecule has 1 aromatic heterocycles. The average molecular weight is 464 g/mol. The van der Waals surface area contributed by atoms with Gasteiger partial charge in [0.05, 0.1) is 40.4 Å². The van der Waals surface area contributed by atoms with Crippen LogP contribution in [0.3, 0.4) is 0 Å². The summed E-state index contributed by atoms with van der Waals surface area (Å²) < 4.78 is 71.7. The van der Waals surface area contributed by atoms with Crippen LogP contribution in [-0.4, -0.2) is 50.0 Å². The van der Waals surface area contributed by atoms with Gasteiger partial charge in [0.15, 0.2) is 5.69 Å². The van der Waals surface area contributed by atoms with Gasteiger partial charge in [0.2, 0.25) is 0 Å². The lowest BCUT2D eigenvalue weighted by molar-refractivity contribution is -0.137. The molecule has 0 aliphatic carbocycles. The summed E-state index contributed by atoms with van der Waals surface area (Å²) >= 11 is 5.90. The molecule has 0 unspecified atom stereocenters. The number of anilines is 1. The molecule has 7 nitrogen and oxygen atoms in total. The Morgan fingerprint density at radius 1 is 1.33 bits per heavy atom. The molecule has 12 heteroatoms. The Bertz CT molecular complexity index is 1060. The van der Waals surface area contributed by atoms with E-state index >= 15 is 0 Å². The number of sulfonamides is 1. The van der Waals surface area contributed by atoms with E-state index in [0.717, 1.165) is 18.2 Å². The number of pyridine rings is 1. The molecule has 1 fully saturated rings. The van der Waals surface area contributed by atoms with Gasteiger partial charge in [-0.2, -0.15) is 13.2 Å². The van der Waals surface area contributed by atoms with E-state index in [9.17, 15) is 26.4 Å². The molecule has 30 heavy (non-hydrogen) atoms. The number of nitrogens with one attached hydrogen (secondary N) is 1. The maximum absolute atomic E-state index is 12.9. The minimum Gasteiger partial charge on any atom is -0.377 e. The maximum atomic E-state index is 12.9. The molecule has 1 saturated heterocycles. The van der Waals surface area contributed by atoms with Gasteiger partial charge in [-0.25, -0.2) is 13.4 Å². The third-order valence-electron chi connectivity index (χ3n) is 4.40. The van der Waals surface area contributed by atoms with Crippen molar-refractivity contribution in [3.05, 3.63) is 52.8 Å². The normalized spacial score (nSPS) is 17.6. The summed E-state index contributed by atoms with van der Waals surface area (Å²) in [5.74, 6) is -0.552. The Morgan fingerprint density at radius 2 is 2.07 bits per heavy atom. The van der Waals surface area contributed by atoms with Crippen molar-refractivity contribution in [2.24, 2.45) is 0 Å². The van der Waals surface area contributed by atoms with Gasteiger partial charge in [-0.3, -0.25) is 9.52 Å². The van der Waals surface area contributed by atoms with Gasteiger partial charge >= 0.3 is 6.18 Å². The van der Waals surface area contributed by atoms with Gasteiger partial charge in [-0.15, -0.1) is 0 Å². The molecular formula is C18H17ClF3N3O4S. The SMILES string of the molecule is C[C@@H]1COCCN1C(=O)c1ncc(Cl)cc1NS(=O)(=O)c1cccc(C(F)(F)F)c1. The summed E-state index contributed by atoms with van der Waals surface area (Å²) in [4.78, 5) is 17.7. The fraction of sp³-hybridized carbons (Fsp3) is 0.333. The van der Waals surface area contributed by atoms with E-state index in [1.807, 2.05) is 0 Å². The summed E-state index contributed by atoms with van der Waals surface area (Å²) in [7, 11) is -4.46. The standard InChI is InChI=1S/C18H17ClF3N3O4S/c1-11-10-29-6-5-25(11)17(26)16-15(8-13(19)9-23-16)24-30(27,28)14-4-2-3-12(7-14)18(20,21)22/h2-4,7-9,11,24H,5-6,10H2,1H3/t11-/m1/s1. The smallest absolute Gasteiger partial charge is 0.377 e. The average Bonchev–Trinajstić information content (AvgIpc) is 2.67. The highest BCUT2D eigenvalue weighted by Gasteiger charge is 2.32. The fourth-order valence-corrected chi connectivity index (χ4v) is 4.16. The molecule has 1 N–H and O–H groups in total. The lowest BCUT2D eigenvalue weighted by atomic mass is 10.2. The molecule has 0 spiro atoms. The largest absolute Gasteiger partial charge is 0.416 e. The second-order valence-corrected chi connectivity index (χ2v) is 8.72. The van der Waals surface area contributed by atoms with Gasteiger partial charge in [0, 0.05) is 12.7 Å². The number of nitrogens with zero attached hydrogens (tertiary/aromatic N) is 2. The van der Waals surface area contributed by atoms with Crippen molar-refractivity contribution in [2.45, 2.75) is 24.0 Å². The first-order valence-corrected chi connectivity index (χ1v) is 10.6. The van der Waals surface area contributed by atoms with Crippen molar-refractivity contribution in [2.75, 3.05) is 24.5 Å². The molecule has 0 bridgehead atoms. The zero-order valence-corrected chi connectivity index (χ0v) is 17.2. The van der Waals surface area contributed by atoms with E-state index in [2.05, 4.69) is 9.71 Å². The highest BCUT2D eigenvalue weighted by molar-refractivity contribution is 7.92. The van der Waals surface area contributed by atoms with Crippen molar-refractivity contribution in [3.63, 3.8) is 0 Å². The number of aromatic nitrogens is 1. The van der Waals surface area contributed by atoms with Crippen LogP contribution in [0.1, 0.15) is 23.0 Å². The van der Waals surface area contributed by atoms with Crippen LogP contribution < -0.4 is 4.72 Å². The number of carbonyl (C=O) groups excluding carboxylic acids is 1. The summed E-state index contributed by atoms with van der Waals surface area (Å²) in [6.07, 6.45) is -3.53. The number of hydrogen-bond donors (Lipinski definition) is 1. The molecule has 0 saturated carbocycles. The molecule has 3 rings (SSSR count). The van der Waals surface area contributed by atoms with Crippen LogP contribution in [0.15, 0.2) is 41.4 Å². The third-order valence-corrected chi connectivity index (χ3v) is 5.97. The van der Waals surface area contributed by atoms with E-state index in [1.54, 1.807) is 6.92 Å². The summed E-state index contributed by atoms with van der Waals surface area (Å²) in [6, 6.07) is 4.17. The van der Waals surface area contributed by atoms with E-state index < -0.39 is 32.6 Å². The van der Waals surface area contributed by atoms with Crippen LogP contribution in [0.5, 0.6) is 0 Å². The first kappa shape index (κ1) is 22.3. The number of benzene rings is 1. The minimum atomic E-state index is -4.71. The topological polar surface area (TPSA) is 88.6 Å². The molecular weight excluding hydrogens is 447 g/mol. The van der Waals surface area contributed by atoms with Crippen LogP contribution in [-0.2, 0) is 20.9 Å². The third kappa shape index (κ3) is 4.85. The van der Waals surface area contributed by atoms with E-state index in [4.69, 9.17) is 16.3 Å². The first-order chi connectivity index (χ1) is 14.0. The molecule has 162 valence electrons. The summed E-state index contributed by atoms with van der Waals surface area (Å²) in [6.45, 7) is 2.67. The van der Waals surface area contributed by atoms with E-state index in [1.165, 1.54) is 17.2 Å². The van der Waals surface area contributed by atoms with Crippen LogP contribution in [0, 0.1) is 0 Å². The predicted octanol–water partition coefficient (Wildman–Crippen LogP) is 3.42. The second kappa shape index (κ2) is 8.40. The zero-order valence-electron chi connectivity index (χ0n) is 15.6. The van der Waals surface area contributed by atoms with Crippen LogP contribution in [0.4, 0.5) is 18.9 Å². The van der Waals surface area contributed by atoms with Gasteiger partial charge in [0.25, 0.3) is 15.9 Å². The number of ether oxygens (including phenoxy) is 1. The molecule has 2 heterocycles. The number of alkyl halides is 3. The minimum absolute atomic E-state index is 0.0447. The van der Waals surface area contributed by atoms with E-state index in [-0.39, 0.29) is 29.0 Å². The summed E-state index contributed by atoms with van der Waals surface area (Å²) in [5.41, 5.74) is -1.57. The quantitative estimate of drug-likeness (QED) is 0.750. The van der Waals surface area contributed by atoms with Crippen LogP contribution >= 0.6 is 11.6 Å². The summed E-state index contributed by atoms with van der Waals surface area (Å²) in [5, 5.41) is 0.0447. The van der Waals surface area contributed by atoms with Crippen LogP contribution in [0.2, 0.25) is 5.02 Å². The van der Waals surface area contributed by atoms with Crippen LogP contribution in [0.25, 0.3) is 0 Å². The highest BCUT2D eigenvalue weighted by atomic mass is 35.5. The highest BCUT2D eigenvalue weighted by Crippen LogP contribution is 2.31. The van der Waals surface area contributed by atoms with Crippen molar-refractivity contribution in [1.29, 1.82) is 0 Å². The Morgan fingerprint density at radius 3 is 2.73 bits per heavy atom. The molecule has 1 aliphatic heterocycles. The Labute approximate surface area is 175 Å². The number of morpholine rings is 1. The molecule has 2 aromatic rings. The van der Waals surface area contributed by atoms with Crippen molar-refractivity contribution >= 4 is 33.2 Å². The number of hydrogen-bond acceptors (Lipinski definition) is 5. The molecule has 1 aliphatic rings. The Kier molecular flexibility index (Phi) is 6.25. The van der Waals surface area contributed by atoms with Gasteiger partial charge in [-0.05, 0) is 31.2 Å². The Hall–Kier alpha value is -2.37. The molecule has 1 aromatic carbocycles. The van der Waals surface area contributed by atoms with Crippen molar-refractivity contribution < 1.29 is 31.1 Å². The number of carbonyl (C=O) groups is 1. The molecule has 1 atom stereocenters. The maximum Gasteiger partial charge on any atom is 0.416 e. The number of amides is 1. The zero-order chi connectivity index (χ0) is 22.1. The Balaban J connectivity index is 1.96. The van der Waals surface area contributed by atoms with Gasteiger partial charge in [0.1, 0.15) is 0 Å². The van der Waals surface area contributed by atoms with Crippen molar-refractivity contribution in [3.8, 4) is 0 Å². The first-order valence-electron chi connectivity index (χ1n) is 8.73. The molecule has 0 radical (unpaired) electrons. The lowest BCUT2D eigenvalue weighted by Gasteiger charge is -2.33. The monoisotopic (exact) mass is 463 g/mol. The number of halogens is 4. The van der Waals surface area contributed by atoms with Gasteiger partial charge < -0.3 is 9.64 Å². The number of rotatable bonds is 4.